The van der Waals surface area contributed by atoms with Crippen molar-refractivity contribution in [1.29, 1.82) is 0 Å². The lowest BCUT2D eigenvalue weighted by molar-refractivity contribution is -0.120. The first-order chi connectivity index (χ1) is 10.9. The second kappa shape index (κ2) is 7.90. The Balaban J connectivity index is 1.89. The molecule has 0 aliphatic heterocycles. The van der Waals surface area contributed by atoms with Gasteiger partial charge in [-0.05, 0) is 43.4 Å². The minimum absolute atomic E-state index is 0.259. The molecule has 0 spiro atoms. The molecule has 4 nitrogen and oxygen atoms in total. The van der Waals surface area contributed by atoms with Crippen LogP contribution in [-0.2, 0) is 20.4 Å². The summed E-state index contributed by atoms with van der Waals surface area (Å²) in [6.07, 6.45) is 5.79. The molecule has 0 bridgehead atoms. The topological polar surface area (TPSA) is 63.2 Å². The van der Waals surface area contributed by atoms with E-state index in [-0.39, 0.29) is 5.75 Å². The highest BCUT2D eigenvalue weighted by Crippen LogP contribution is 2.23. The van der Waals surface area contributed by atoms with Crippen molar-refractivity contribution in [2.75, 3.05) is 6.54 Å². The molecule has 1 fully saturated rings. The number of hydrogen-bond donors (Lipinski definition) is 1. The number of carbonyl (C=O) groups is 1. The molecule has 1 amide bonds. The van der Waals surface area contributed by atoms with Crippen molar-refractivity contribution >= 4 is 15.7 Å². The first-order valence-corrected chi connectivity index (χ1v) is 9.84. The molecule has 6 heteroatoms. The maximum Gasteiger partial charge on any atom is 0.238 e. The molecule has 1 saturated carbocycles. The van der Waals surface area contributed by atoms with Crippen molar-refractivity contribution < 1.29 is 17.6 Å². The largest absolute Gasteiger partial charge is 0.355 e. The lowest BCUT2D eigenvalue weighted by Gasteiger charge is -2.22. The molecule has 1 atom stereocenters. The standard InChI is InChI=1S/C17H24FNO3S/c1-13(17(20)19-11-14-5-3-2-4-6-14)23(21,22)12-15-7-9-16(18)10-8-15/h7-10,13-14H,2-6,11-12H2,1H3,(H,19,20). The number of nitrogens with one attached hydrogen (secondary N) is 1. The number of halogens is 1. The van der Waals surface area contributed by atoms with Crippen LogP contribution in [0, 0.1) is 11.7 Å². The van der Waals surface area contributed by atoms with Gasteiger partial charge in [0, 0.05) is 6.54 Å². The van der Waals surface area contributed by atoms with Gasteiger partial charge in [-0.3, -0.25) is 4.79 Å². The highest BCUT2D eigenvalue weighted by atomic mass is 32.2. The highest BCUT2D eigenvalue weighted by molar-refractivity contribution is 7.92. The van der Waals surface area contributed by atoms with Crippen LogP contribution in [0.4, 0.5) is 4.39 Å². The van der Waals surface area contributed by atoms with Crippen molar-refractivity contribution in [2.45, 2.75) is 50.0 Å². The molecule has 1 unspecified atom stereocenters. The summed E-state index contributed by atoms with van der Waals surface area (Å²) in [4.78, 5) is 12.1. The van der Waals surface area contributed by atoms with Crippen LogP contribution in [0.1, 0.15) is 44.6 Å². The average molecular weight is 341 g/mol. The van der Waals surface area contributed by atoms with Crippen molar-refractivity contribution in [3.05, 3.63) is 35.6 Å². The van der Waals surface area contributed by atoms with E-state index in [9.17, 15) is 17.6 Å². The average Bonchev–Trinajstić information content (AvgIpc) is 2.55. The van der Waals surface area contributed by atoms with Crippen molar-refractivity contribution in [1.82, 2.24) is 5.32 Å². The molecule has 0 heterocycles. The van der Waals surface area contributed by atoms with Crippen LogP contribution >= 0.6 is 0 Å². The number of carbonyl (C=O) groups excluding carboxylic acids is 1. The summed E-state index contributed by atoms with van der Waals surface area (Å²) in [6, 6.07) is 5.30. The molecule has 1 aliphatic rings. The zero-order chi connectivity index (χ0) is 16.9. The molecule has 1 aromatic carbocycles. The van der Waals surface area contributed by atoms with E-state index in [1.807, 2.05) is 0 Å². The van der Waals surface area contributed by atoms with Crippen LogP contribution in [0.25, 0.3) is 0 Å². The van der Waals surface area contributed by atoms with Gasteiger partial charge in [0.25, 0.3) is 0 Å². The predicted molar refractivity (Wildman–Crippen MR) is 88.1 cm³/mol. The SMILES string of the molecule is CC(C(=O)NCC1CCCCC1)S(=O)(=O)Cc1ccc(F)cc1. The molecule has 1 N–H and O–H groups in total. The van der Waals surface area contributed by atoms with Crippen LogP contribution in [-0.4, -0.2) is 26.1 Å². The van der Waals surface area contributed by atoms with Crippen LogP contribution in [0.15, 0.2) is 24.3 Å². The Morgan fingerprint density at radius 1 is 1.22 bits per heavy atom. The lowest BCUT2D eigenvalue weighted by atomic mass is 9.89. The van der Waals surface area contributed by atoms with Gasteiger partial charge in [-0.1, -0.05) is 31.4 Å². The molecular weight excluding hydrogens is 317 g/mol. The normalized spacial score (nSPS) is 17.7. The predicted octanol–water partition coefficient (Wildman–Crippen LogP) is 2.83. The highest BCUT2D eigenvalue weighted by Gasteiger charge is 2.28. The second-order valence-electron chi connectivity index (χ2n) is 6.33. The van der Waals surface area contributed by atoms with Crippen LogP contribution < -0.4 is 5.32 Å². The van der Waals surface area contributed by atoms with Crippen molar-refractivity contribution in [3.63, 3.8) is 0 Å². The summed E-state index contributed by atoms with van der Waals surface area (Å²) in [6.45, 7) is 1.96. The van der Waals surface area contributed by atoms with E-state index < -0.39 is 26.8 Å². The lowest BCUT2D eigenvalue weighted by Crippen LogP contribution is -2.40. The van der Waals surface area contributed by atoms with E-state index >= 15 is 0 Å². The van der Waals surface area contributed by atoms with Crippen molar-refractivity contribution in [3.8, 4) is 0 Å². The van der Waals surface area contributed by atoms with Gasteiger partial charge in [0.1, 0.15) is 11.1 Å². The van der Waals surface area contributed by atoms with Crippen LogP contribution in [0.3, 0.4) is 0 Å². The number of sulfone groups is 1. The summed E-state index contributed by atoms with van der Waals surface area (Å²) < 4.78 is 37.5. The molecule has 2 rings (SSSR count). The number of benzene rings is 1. The Bertz CT molecular complexity index is 622. The zero-order valence-corrected chi connectivity index (χ0v) is 14.2. The summed E-state index contributed by atoms with van der Waals surface area (Å²) in [7, 11) is -3.61. The van der Waals surface area contributed by atoms with E-state index in [0.29, 0.717) is 18.0 Å². The maximum atomic E-state index is 12.9. The quantitative estimate of drug-likeness (QED) is 0.865. The third-order valence-corrected chi connectivity index (χ3v) is 6.51. The minimum Gasteiger partial charge on any atom is -0.355 e. The summed E-state index contributed by atoms with van der Waals surface area (Å²) in [5.74, 6) is -0.660. The van der Waals surface area contributed by atoms with Gasteiger partial charge in [0.15, 0.2) is 9.84 Å². The Labute approximate surface area is 137 Å². The Kier molecular flexibility index (Phi) is 6.16. The van der Waals surface area contributed by atoms with E-state index in [0.717, 1.165) is 12.8 Å². The second-order valence-corrected chi connectivity index (χ2v) is 8.65. The molecule has 0 saturated heterocycles. The fourth-order valence-electron chi connectivity index (χ4n) is 2.88. The molecule has 1 aliphatic carbocycles. The monoisotopic (exact) mass is 341 g/mol. The fraction of sp³-hybridized carbons (Fsp3) is 0.588. The van der Waals surface area contributed by atoms with Gasteiger partial charge in [0.05, 0.1) is 5.75 Å². The van der Waals surface area contributed by atoms with Gasteiger partial charge in [0.2, 0.25) is 5.91 Å². The third-order valence-electron chi connectivity index (χ3n) is 4.48. The summed E-state index contributed by atoms with van der Waals surface area (Å²) >= 11 is 0. The van der Waals surface area contributed by atoms with Crippen LogP contribution in [0.2, 0.25) is 0 Å². The molecule has 128 valence electrons. The van der Waals surface area contributed by atoms with E-state index in [2.05, 4.69) is 5.32 Å². The number of rotatable bonds is 6. The van der Waals surface area contributed by atoms with Gasteiger partial charge < -0.3 is 5.32 Å². The number of hydrogen-bond acceptors (Lipinski definition) is 3. The molecule has 0 aromatic heterocycles. The Morgan fingerprint density at radius 3 is 2.43 bits per heavy atom. The van der Waals surface area contributed by atoms with E-state index in [1.54, 1.807) is 0 Å². The van der Waals surface area contributed by atoms with E-state index in [1.165, 1.54) is 50.5 Å². The summed E-state index contributed by atoms with van der Waals surface area (Å²) in [5, 5.41) is 1.67. The Morgan fingerprint density at radius 2 is 1.83 bits per heavy atom. The van der Waals surface area contributed by atoms with Gasteiger partial charge in [-0.2, -0.15) is 0 Å². The molecular formula is C17H24FNO3S. The molecule has 23 heavy (non-hydrogen) atoms. The van der Waals surface area contributed by atoms with Crippen LogP contribution in [0.5, 0.6) is 0 Å². The first-order valence-electron chi connectivity index (χ1n) is 8.12. The third kappa shape index (κ3) is 5.30. The fourth-order valence-corrected chi connectivity index (χ4v) is 4.20. The smallest absolute Gasteiger partial charge is 0.238 e. The van der Waals surface area contributed by atoms with Gasteiger partial charge >= 0.3 is 0 Å². The zero-order valence-electron chi connectivity index (χ0n) is 13.4. The van der Waals surface area contributed by atoms with Crippen molar-refractivity contribution in [2.24, 2.45) is 5.92 Å². The van der Waals surface area contributed by atoms with Gasteiger partial charge in [-0.15, -0.1) is 0 Å². The minimum atomic E-state index is -3.61. The molecule has 0 radical (unpaired) electrons. The Hall–Kier alpha value is -1.43. The first kappa shape index (κ1) is 17.9. The summed E-state index contributed by atoms with van der Waals surface area (Å²) in [5.41, 5.74) is 0.485. The maximum absolute atomic E-state index is 12.9. The van der Waals surface area contributed by atoms with E-state index in [4.69, 9.17) is 0 Å². The number of amides is 1. The van der Waals surface area contributed by atoms with Gasteiger partial charge in [-0.25, -0.2) is 12.8 Å². The molecule has 1 aromatic rings.